The van der Waals surface area contributed by atoms with Gasteiger partial charge in [0.25, 0.3) is 0 Å². The van der Waals surface area contributed by atoms with Crippen LogP contribution in [0.1, 0.15) is 67.2 Å². The fourth-order valence-electron chi connectivity index (χ4n) is 8.07. The normalized spacial score (nSPS) is 55.0. The van der Waals surface area contributed by atoms with Crippen LogP contribution in [0.2, 0.25) is 0 Å². The van der Waals surface area contributed by atoms with Gasteiger partial charge in [0.15, 0.2) is 6.10 Å². The predicted molar refractivity (Wildman–Crippen MR) is 111 cm³/mol. The van der Waals surface area contributed by atoms with Crippen molar-refractivity contribution in [2.24, 2.45) is 22.7 Å². The first-order valence-electron chi connectivity index (χ1n) is 11.8. The van der Waals surface area contributed by atoms with Gasteiger partial charge < -0.3 is 29.2 Å². The average Bonchev–Trinajstić information content (AvgIpc) is 3.58. The summed E-state index contributed by atoms with van der Waals surface area (Å²) in [6.07, 6.45) is -0.668. The molecule has 2 heterocycles. The molecule has 0 amide bonds. The molecule has 2 N–H and O–H groups in total. The first-order chi connectivity index (χ1) is 14.8. The van der Waals surface area contributed by atoms with E-state index >= 15 is 0 Å². The van der Waals surface area contributed by atoms with E-state index in [1.807, 2.05) is 6.92 Å². The van der Waals surface area contributed by atoms with Crippen LogP contribution in [-0.4, -0.2) is 70.0 Å². The molecule has 0 aromatic heterocycles. The molecule has 0 aromatic rings. The average molecular weight is 453 g/mol. The number of carbonyl (C=O) groups is 2. The lowest BCUT2D eigenvalue weighted by Gasteiger charge is -2.60. The summed E-state index contributed by atoms with van der Waals surface area (Å²) in [7, 11) is 0. The quantitative estimate of drug-likeness (QED) is 0.480. The molecule has 0 unspecified atom stereocenters. The Hall–Kier alpha value is -1.22. The third-order valence-electron chi connectivity index (χ3n) is 10.0. The summed E-state index contributed by atoms with van der Waals surface area (Å²) in [5.41, 5.74) is -3.67. The van der Waals surface area contributed by atoms with E-state index in [1.165, 1.54) is 13.8 Å². The van der Waals surface area contributed by atoms with E-state index < -0.39 is 64.0 Å². The molecule has 5 fully saturated rings. The van der Waals surface area contributed by atoms with Crippen molar-refractivity contribution in [3.05, 3.63) is 0 Å². The highest BCUT2D eigenvalue weighted by Gasteiger charge is 2.87. The monoisotopic (exact) mass is 452 g/mol. The van der Waals surface area contributed by atoms with Gasteiger partial charge in [-0.15, -0.1) is 0 Å². The maximum Gasteiger partial charge on any atom is 0.303 e. The SMILES string of the molecule is CC(=O)O[C@H]1[C@H](OC(C)=O)[C@@]23O[C@]2(C)[C@@H](O)C[C@@H](C[C@H]2[C@@]1(C)CC[C@H](O)[C@@]21CO1)C3(C)C. The highest BCUT2D eigenvalue weighted by atomic mass is 16.7. The fraction of sp³-hybridized carbons (Fsp3) is 0.917. The van der Waals surface area contributed by atoms with Crippen molar-refractivity contribution < 1.29 is 38.7 Å². The van der Waals surface area contributed by atoms with Gasteiger partial charge >= 0.3 is 11.9 Å². The largest absolute Gasteiger partial charge is 0.458 e. The Bertz CT molecular complexity index is 851. The number of epoxide rings is 2. The second-order valence-electron chi connectivity index (χ2n) is 11.8. The number of ether oxygens (including phenoxy) is 4. The Balaban J connectivity index is 1.73. The molecule has 180 valence electrons. The van der Waals surface area contributed by atoms with Crippen LogP contribution in [0.3, 0.4) is 0 Å². The second kappa shape index (κ2) is 6.46. The molecule has 2 saturated heterocycles. The zero-order chi connectivity index (χ0) is 23.5. The molecule has 5 aliphatic rings. The first-order valence-corrected chi connectivity index (χ1v) is 11.8. The molecule has 8 nitrogen and oxygen atoms in total. The van der Waals surface area contributed by atoms with Crippen molar-refractivity contribution in [3.63, 3.8) is 0 Å². The smallest absolute Gasteiger partial charge is 0.303 e. The zero-order valence-corrected chi connectivity index (χ0v) is 19.8. The number of hydrogen-bond donors (Lipinski definition) is 2. The van der Waals surface area contributed by atoms with Crippen molar-refractivity contribution >= 4 is 11.9 Å². The minimum atomic E-state index is -0.990. The van der Waals surface area contributed by atoms with E-state index in [2.05, 4.69) is 20.8 Å². The van der Waals surface area contributed by atoms with Crippen LogP contribution in [0.25, 0.3) is 0 Å². The summed E-state index contributed by atoms with van der Waals surface area (Å²) in [6.45, 7) is 11.3. The van der Waals surface area contributed by atoms with Gasteiger partial charge in [0, 0.05) is 30.6 Å². The van der Waals surface area contributed by atoms with E-state index in [9.17, 15) is 19.8 Å². The van der Waals surface area contributed by atoms with Crippen molar-refractivity contribution in [1.82, 2.24) is 0 Å². The standard InChI is InChI=1S/C24H36O8/c1-12(25)30-18-19(31-13(2)26)24-20(3,4)14(10-17(28)22(24,6)32-24)9-15-21(18,5)8-7-16(27)23(15)11-29-23/h14-19,27-28H,7-11H2,1-6H3/t14-,15+,16+,17+,18+,19+,21-,22-,23-,24+/m1/s1. The molecule has 8 heteroatoms. The van der Waals surface area contributed by atoms with E-state index in [0.29, 0.717) is 32.3 Å². The van der Waals surface area contributed by atoms with Gasteiger partial charge in [-0.2, -0.15) is 0 Å². The minimum Gasteiger partial charge on any atom is -0.458 e. The van der Waals surface area contributed by atoms with Gasteiger partial charge in [0.05, 0.1) is 18.8 Å². The molecule has 0 radical (unpaired) electrons. The van der Waals surface area contributed by atoms with Gasteiger partial charge in [0.2, 0.25) is 0 Å². The molecule has 2 aliphatic heterocycles. The number of aliphatic hydroxyl groups is 2. The van der Waals surface area contributed by atoms with E-state index in [0.717, 1.165) is 0 Å². The Morgan fingerprint density at radius 3 is 2.09 bits per heavy atom. The predicted octanol–water partition coefficient (Wildman–Crippen LogP) is 1.73. The Kier molecular flexibility index (Phi) is 4.56. The van der Waals surface area contributed by atoms with E-state index in [-0.39, 0.29) is 11.8 Å². The van der Waals surface area contributed by atoms with Gasteiger partial charge in [-0.1, -0.05) is 20.8 Å². The summed E-state index contributed by atoms with van der Waals surface area (Å²) in [5.74, 6) is -1.03. The molecule has 5 rings (SSSR count). The molecule has 2 bridgehead atoms. The Morgan fingerprint density at radius 2 is 1.53 bits per heavy atom. The van der Waals surface area contributed by atoms with Crippen molar-refractivity contribution in [2.75, 3.05) is 6.61 Å². The minimum absolute atomic E-state index is 0.0418. The summed E-state index contributed by atoms with van der Waals surface area (Å²) in [5, 5.41) is 22.1. The van der Waals surface area contributed by atoms with Gasteiger partial charge in [-0.3, -0.25) is 9.59 Å². The molecule has 10 atom stereocenters. The number of hydrogen-bond acceptors (Lipinski definition) is 8. The molecule has 3 aliphatic carbocycles. The van der Waals surface area contributed by atoms with E-state index in [1.54, 1.807) is 0 Å². The second-order valence-corrected chi connectivity index (χ2v) is 11.8. The molecular formula is C24H36O8. The van der Waals surface area contributed by atoms with Crippen LogP contribution in [0.15, 0.2) is 0 Å². The summed E-state index contributed by atoms with van der Waals surface area (Å²) < 4.78 is 24.4. The van der Waals surface area contributed by atoms with Gasteiger partial charge in [0.1, 0.15) is 22.9 Å². The van der Waals surface area contributed by atoms with Crippen molar-refractivity contribution in [1.29, 1.82) is 0 Å². The lowest BCUT2D eigenvalue weighted by molar-refractivity contribution is -0.227. The number of carbonyl (C=O) groups excluding carboxylic acids is 2. The third-order valence-corrected chi connectivity index (χ3v) is 10.0. The summed E-state index contributed by atoms with van der Waals surface area (Å²) in [6, 6.07) is 0. The van der Waals surface area contributed by atoms with Crippen molar-refractivity contribution in [2.45, 2.75) is 108 Å². The molecule has 3 saturated carbocycles. The zero-order valence-electron chi connectivity index (χ0n) is 19.8. The van der Waals surface area contributed by atoms with Crippen LogP contribution >= 0.6 is 0 Å². The lowest BCUT2D eigenvalue weighted by atomic mass is 9.46. The number of aliphatic hydroxyl groups excluding tert-OH is 2. The van der Waals surface area contributed by atoms with Crippen LogP contribution in [0.4, 0.5) is 0 Å². The summed E-state index contributed by atoms with van der Waals surface area (Å²) in [4.78, 5) is 24.7. The van der Waals surface area contributed by atoms with E-state index in [4.69, 9.17) is 18.9 Å². The number of rotatable bonds is 2. The molecule has 0 aromatic carbocycles. The highest BCUT2D eigenvalue weighted by molar-refractivity contribution is 5.68. The van der Waals surface area contributed by atoms with Crippen molar-refractivity contribution in [3.8, 4) is 0 Å². The lowest BCUT2D eigenvalue weighted by Crippen LogP contribution is -2.70. The van der Waals surface area contributed by atoms with Crippen LogP contribution in [0, 0.1) is 22.7 Å². The topological polar surface area (TPSA) is 118 Å². The molecule has 32 heavy (non-hydrogen) atoms. The maximum atomic E-state index is 12.4. The number of esters is 2. The third kappa shape index (κ3) is 2.53. The van der Waals surface area contributed by atoms with Crippen LogP contribution < -0.4 is 0 Å². The summed E-state index contributed by atoms with van der Waals surface area (Å²) >= 11 is 0. The van der Waals surface area contributed by atoms with Gasteiger partial charge in [-0.05, 0) is 38.5 Å². The molecular weight excluding hydrogens is 416 g/mol. The Morgan fingerprint density at radius 1 is 0.938 bits per heavy atom. The first kappa shape index (κ1) is 22.6. The highest BCUT2D eigenvalue weighted by Crippen LogP contribution is 2.74. The maximum absolute atomic E-state index is 12.4. The van der Waals surface area contributed by atoms with Crippen LogP contribution in [0.5, 0.6) is 0 Å². The molecule has 2 spiro atoms. The fourth-order valence-corrected chi connectivity index (χ4v) is 8.07. The number of fused-ring (bicyclic) bond motifs is 3. The van der Waals surface area contributed by atoms with Gasteiger partial charge in [-0.25, -0.2) is 0 Å². The van der Waals surface area contributed by atoms with Crippen LogP contribution in [-0.2, 0) is 28.5 Å². The Labute approximate surface area is 188 Å².